The maximum atomic E-state index is 11.9. The summed E-state index contributed by atoms with van der Waals surface area (Å²) in [6, 6.07) is 6.63. The number of hydrogen-bond donors (Lipinski definition) is 2. The third-order valence-electron chi connectivity index (χ3n) is 2.67. The van der Waals surface area contributed by atoms with Crippen molar-refractivity contribution in [3.63, 3.8) is 0 Å². The minimum absolute atomic E-state index is 0.114. The van der Waals surface area contributed by atoms with E-state index in [-0.39, 0.29) is 18.9 Å². The van der Waals surface area contributed by atoms with Gasteiger partial charge in [0.25, 0.3) is 5.91 Å². The molecule has 2 unspecified atom stereocenters. The molecule has 19 heavy (non-hydrogen) atoms. The first kappa shape index (κ1) is 13.2. The summed E-state index contributed by atoms with van der Waals surface area (Å²) in [6.45, 7) is 1.74. The van der Waals surface area contributed by atoms with E-state index in [1.165, 1.54) is 0 Å². The van der Waals surface area contributed by atoms with Gasteiger partial charge in [-0.15, -0.1) is 0 Å². The van der Waals surface area contributed by atoms with Crippen LogP contribution in [-0.2, 0) is 9.59 Å². The van der Waals surface area contributed by atoms with Crippen molar-refractivity contribution in [2.45, 2.75) is 25.5 Å². The van der Waals surface area contributed by atoms with E-state index in [4.69, 9.17) is 14.6 Å². The quantitative estimate of drug-likeness (QED) is 0.841. The molecule has 0 aliphatic carbocycles. The first-order chi connectivity index (χ1) is 9.06. The molecule has 0 fully saturated rings. The number of carbonyl (C=O) groups is 2. The van der Waals surface area contributed by atoms with Gasteiger partial charge in [0, 0.05) is 6.04 Å². The fourth-order valence-corrected chi connectivity index (χ4v) is 1.80. The Morgan fingerprint density at radius 1 is 1.42 bits per heavy atom. The van der Waals surface area contributed by atoms with Crippen LogP contribution in [-0.4, -0.2) is 35.7 Å². The lowest BCUT2D eigenvalue weighted by Gasteiger charge is -2.26. The van der Waals surface area contributed by atoms with Gasteiger partial charge in [-0.25, -0.2) is 0 Å². The number of fused-ring (bicyclic) bond motifs is 1. The van der Waals surface area contributed by atoms with Gasteiger partial charge in [-0.2, -0.15) is 0 Å². The van der Waals surface area contributed by atoms with Gasteiger partial charge in [0.15, 0.2) is 11.5 Å². The minimum Gasteiger partial charge on any atom is -0.485 e. The zero-order valence-corrected chi connectivity index (χ0v) is 10.5. The van der Waals surface area contributed by atoms with E-state index < -0.39 is 18.1 Å². The van der Waals surface area contributed by atoms with Crippen LogP contribution in [0.5, 0.6) is 11.5 Å². The minimum atomic E-state index is -0.959. The number of para-hydroxylation sites is 2. The van der Waals surface area contributed by atoms with E-state index in [9.17, 15) is 9.59 Å². The number of aliphatic carboxylic acids is 1. The molecule has 1 aromatic carbocycles. The van der Waals surface area contributed by atoms with Crippen LogP contribution in [0.3, 0.4) is 0 Å². The smallest absolute Gasteiger partial charge is 0.305 e. The normalized spacial score (nSPS) is 18.5. The van der Waals surface area contributed by atoms with E-state index in [1.807, 2.05) is 6.07 Å². The molecule has 2 N–H and O–H groups in total. The molecule has 1 aliphatic rings. The Labute approximate surface area is 110 Å². The SMILES string of the molecule is CC(CC(=O)O)NC(=O)C1COc2ccccc2O1. The van der Waals surface area contributed by atoms with Crippen molar-refractivity contribution in [3.8, 4) is 11.5 Å². The van der Waals surface area contributed by atoms with Crippen molar-refractivity contribution in [2.75, 3.05) is 6.61 Å². The number of hydrogen-bond acceptors (Lipinski definition) is 4. The number of benzene rings is 1. The number of carbonyl (C=O) groups excluding carboxylic acids is 1. The van der Waals surface area contributed by atoms with E-state index in [1.54, 1.807) is 25.1 Å². The summed E-state index contributed by atoms with van der Waals surface area (Å²) < 4.78 is 10.9. The van der Waals surface area contributed by atoms with Gasteiger partial charge < -0.3 is 19.9 Å². The molecule has 6 heteroatoms. The van der Waals surface area contributed by atoms with Gasteiger partial charge >= 0.3 is 5.97 Å². The molecule has 2 rings (SSSR count). The second kappa shape index (κ2) is 5.60. The molecule has 0 saturated heterocycles. The summed E-state index contributed by atoms with van der Waals surface area (Å²) in [4.78, 5) is 22.4. The number of carboxylic acids is 1. The summed E-state index contributed by atoms with van der Waals surface area (Å²) in [5, 5.41) is 11.2. The zero-order valence-electron chi connectivity index (χ0n) is 10.5. The number of carboxylic acid groups (broad SMARTS) is 1. The van der Waals surface area contributed by atoms with Crippen LogP contribution in [0.25, 0.3) is 0 Å². The Hall–Kier alpha value is -2.24. The Bertz CT molecular complexity index is 488. The first-order valence-corrected chi connectivity index (χ1v) is 5.97. The van der Waals surface area contributed by atoms with Gasteiger partial charge in [0.05, 0.1) is 6.42 Å². The third kappa shape index (κ3) is 3.37. The van der Waals surface area contributed by atoms with Gasteiger partial charge in [0.1, 0.15) is 6.61 Å². The lowest BCUT2D eigenvalue weighted by Crippen LogP contribution is -2.47. The van der Waals surface area contributed by atoms with Crippen LogP contribution >= 0.6 is 0 Å². The van der Waals surface area contributed by atoms with E-state index >= 15 is 0 Å². The van der Waals surface area contributed by atoms with Gasteiger partial charge in [-0.05, 0) is 19.1 Å². The Morgan fingerprint density at radius 2 is 2.11 bits per heavy atom. The second-order valence-electron chi connectivity index (χ2n) is 4.37. The van der Waals surface area contributed by atoms with Gasteiger partial charge in [0.2, 0.25) is 6.10 Å². The predicted molar refractivity (Wildman–Crippen MR) is 66.2 cm³/mol. The van der Waals surface area contributed by atoms with Crippen molar-refractivity contribution in [1.29, 1.82) is 0 Å². The molecule has 1 aliphatic heterocycles. The standard InChI is InChI=1S/C13H15NO5/c1-8(6-12(15)16)14-13(17)11-7-18-9-4-2-3-5-10(9)19-11/h2-5,8,11H,6-7H2,1H3,(H,14,17)(H,15,16). The van der Waals surface area contributed by atoms with Crippen molar-refractivity contribution >= 4 is 11.9 Å². The van der Waals surface area contributed by atoms with Crippen LogP contribution in [0, 0.1) is 0 Å². The summed E-state index contributed by atoms with van der Waals surface area (Å²) in [5.74, 6) is -0.216. The molecule has 2 atom stereocenters. The fourth-order valence-electron chi connectivity index (χ4n) is 1.80. The molecule has 0 spiro atoms. The van der Waals surface area contributed by atoms with Gasteiger partial charge in [-0.1, -0.05) is 12.1 Å². The number of nitrogens with one attached hydrogen (secondary N) is 1. The predicted octanol–water partition coefficient (Wildman–Crippen LogP) is 0.806. The van der Waals surface area contributed by atoms with E-state index in [0.717, 1.165) is 0 Å². The molecular formula is C13H15NO5. The van der Waals surface area contributed by atoms with Crippen LogP contribution in [0.1, 0.15) is 13.3 Å². The van der Waals surface area contributed by atoms with Crippen LogP contribution in [0.15, 0.2) is 24.3 Å². The molecule has 102 valence electrons. The monoisotopic (exact) mass is 265 g/mol. The molecule has 0 radical (unpaired) electrons. The Balaban J connectivity index is 1.93. The van der Waals surface area contributed by atoms with Crippen molar-refractivity contribution < 1.29 is 24.2 Å². The molecule has 1 heterocycles. The molecule has 0 bridgehead atoms. The lowest BCUT2D eigenvalue weighted by molar-refractivity contribution is -0.138. The lowest BCUT2D eigenvalue weighted by atomic mass is 10.2. The van der Waals surface area contributed by atoms with Gasteiger partial charge in [-0.3, -0.25) is 9.59 Å². The largest absolute Gasteiger partial charge is 0.485 e. The molecule has 6 nitrogen and oxygen atoms in total. The third-order valence-corrected chi connectivity index (χ3v) is 2.67. The number of rotatable bonds is 4. The fraction of sp³-hybridized carbons (Fsp3) is 0.385. The Morgan fingerprint density at radius 3 is 2.79 bits per heavy atom. The molecule has 0 aromatic heterocycles. The highest BCUT2D eigenvalue weighted by atomic mass is 16.6. The summed E-state index contributed by atoms with van der Waals surface area (Å²) >= 11 is 0. The molecule has 1 aromatic rings. The topological polar surface area (TPSA) is 84.9 Å². The summed E-state index contributed by atoms with van der Waals surface area (Å²) in [6.07, 6.45) is -0.887. The van der Waals surface area contributed by atoms with Crippen molar-refractivity contribution in [1.82, 2.24) is 5.32 Å². The van der Waals surface area contributed by atoms with Crippen molar-refractivity contribution in [2.24, 2.45) is 0 Å². The maximum absolute atomic E-state index is 11.9. The second-order valence-corrected chi connectivity index (χ2v) is 4.37. The highest BCUT2D eigenvalue weighted by Crippen LogP contribution is 2.30. The highest BCUT2D eigenvalue weighted by molar-refractivity contribution is 5.82. The molecule has 0 saturated carbocycles. The highest BCUT2D eigenvalue weighted by Gasteiger charge is 2.28. The van der Waals surface area contributed by atoms with Crippen molar-refractivity contribution in [3.05, 3.63) is 24.3 Å². The summed E-state index contributed by atoms with van der Waals surface area (Å²) in [5.41, 5.74) is 0. The number of ether oxygens (including phenoxy) is 2. The molecular weight excluding hydrogens is 250 g/mol. The van der Waals surface area contributed by atoms with E-state index in [0.29, 0.717) is 11.5 Å². The van der Waals surface area contributed by atoms with E-state index in [2.05, 4.69) is 5.32 Å². The first-order valence-electron chi connectivity index (χ1n) is 5.97. The van der Waals surface area contributed by atoms with Crippen LogP contribution < -0.4 is 14.8 Å². The average molecular weight is 265 g/mol. The number of amides is 1. The van der Waals surface area contributed by atoms with Crippen LogP contribution in [0.2, 0.25) is 0 Å². The summed E-state index contributed by atoms with van der Waals surface area (Å²) in [7, 11) is 0. The zero-order chi connectivity index (χ0) is 13.8. The Kier molecular flexibility index (Phi) is 3.89. The average Bonchev–Trinajstić information content (AvgIpc) is 2.37. The van der Waals surface area contributed by atoms with Crippen LogP contribution in [0.4, 0.5) is 0 Å². The maximum Gasteiger partial charge on any atom is 0.305 e. The molecule has 1 amide bonds.